The highest BCUT2D eigenvalue weighted by molar-refractivity contribution is 6.03. The molecule has 3 N–H and O–H groups in total. The van der Waals surface area contributed by atoms with Gasteiger partial charge in [0.1, 0.15) is 5.56 Å². The van der Waals surface area contributed by atoms with E-state index in [0.29, 0.717) is 23.6 Å². The number of rotatable bonds is 6. The number of nitrogens with zero attached hydrogens (tertiary/aromatic N) is 2. The van der Waals surface area contributed by atoms with Gasteiger partial charge in [-0.05, 0) is 17.7 Å². The average molecular weight is 372 g/mol. The standard InChI is InChI=1S/C18H20N4O5/c1-4-7-22-17(24)15(16(23)19-18(22)25)12-9-11(20-21-12)10-5-6-13(26-2)14(8-10)27-3/h4-6,8,11,20,24H,1,7,9H2,2-3H3,(H,19,23,25)/t11-/m1/s1. The first-order valence-corrected chi connectivity index (χ1v) is 8.21. The van der Waals surface area contributed by atoms with E-state index in [2.05, 4.69) is 22.1 Å². The van der Waals surface area contributed by atoms with Crippen LogP contribution < -0.4 is 26.1 Å². The number of hydrazone groups is 1. The number of aromatic hydroxyl groups is 1. The summed E-state index contributed by atoms with van der Waals surface area (Å²) in [7, 11) is 3.10. The van der Waals surface area contributed by atoms with Gasteiger partial charge in [-0.1, -0.05) is 12.1 Å². The Kier molecular flexibility index (Phi) is 5.02. The molecule has 0 radical (unpaired) electrons. The Morgan fingerprint density at radius 2 is 2.07 bits per heavy atom. The summed E-state index contributed by atoms with van der Waals surface area (Å²) in [5, 5.41) is 14.6. The Morgan fingerprint density at radius 3 is 2.74 bits per heavy atom. The Hall–Kier alpha value is -3.49. The summed E-state index contributed by atoms with van der Waals surface area (Å²) in [5.41, 5.74) is 2.75. The summed E-state index contributed by atoms with van der Waals surface area (Å²) in [4.78, 5) is 26.3. The fourth-order valence-electron chi connectivity index (χ4n) is 2.98. The normalized spacial score (nSPS) is 15.8. The zero-order valence-corrected chi connectivity index (χ0v) is 15.0. The lowest BCUT2D eigenvalue weighted by Crippen LogP contribution is -2.33. The van der Waals surface area contributed by atoms with Crippen LogP contribution in [0.3, 0.4) is 0 Å². The third kappa shape index (κ3) is 3.31. The summed E-state index contributed by atoms with van der Waals surface area (Å²) < 4.78 is 11.6. The van der Waals surface area contributed by atoms with Gasteiger partial charge >= 0.3 is 5.69 Å². The van der Waals surface area contributed by atoms with Crippen LogP contribution in [0.2, 0.25) is 0 Å². The maximum absolute atomic E-state index is 12.2. The molecule has 0 fully saturated rings. The van der Waals surface area contributed by atoms with Gasteiger partial charge in [-0.3, -0.25) is 14.3 Å². The van der Waals surface area contributed by atoms with Crippen LogP contribution in [-0.2, 0) is 6.54 Å². The molecule has 1 aliphatic heterocycles. The molecule has 3 rings (SSSR count). The Bertz CT molecular complexity index is 1020. The summed E-state index contributed by atoms with van der Waals surface area (Å²) in [6, 6.07) is 5.23. The van der Waals surface area contributed by atoms with Gasteiger partial charge in [0, 0.05) is 13.0 Å². The third-order valence-electron chi connectivity index (χ3n) is 4.33. The van der Waals surface area contributed by atoms with Gasteiger partial charge in [-0.15, -0.1) is 6.58 Å². The minimum absolute atomic E-state index is 0.0353. The fourth-order valence-corrected chi connectivity index (χ4v) is 2.98. The quantitative estimate of drug-likeness (QED) is 0.648. The molecule has 1 atom stereocenters. The predicted octanol–water partition coefficient (Wildman–Crippen LogP) is 0.884. The molecule has 1 aromatic heterocycles. The topological polar surface area (TPSA) is 118 Å². The number of hydrogen-bond donors (Lipinski definition) is 3. The van der Waals surface area contributed by atoms with E-state index in [-0.39, 0.29) is 18.2 Å². The number of hydrogen-bond acceptors (Lipinski definition) is 7. The van der Waals surface area contributed by atoms with Gasteiger partial charge in [-0.25, -0.2) is 4.79 Å². The number of ether oxygens (including phenoxy) is 2. The molecule has 27 heavy (non-hydrogen) atoms. The molecule has 1 aliphatic rings. The molecule has 142 valence electrons. The van der Waals surface area contributed by atoms with Crippen molar-refractivity contribution in [3.05, 3.63) is 62.8 Å². The van der Waals surface area contributed by atoms with Crippen molar-refractivity contribution >= 4 is 5.71 Å². The van der Waals surface area contributed by atoms with Gasteiger partial charge in [0.05, 0.1) is 26.0 Å². The molecule has 0 amide bonds. The predicted molar refractivity (Wildman–Crippen MR) is 99.8 cm³/mol. The molecule has 9 heteroatoms. The summed E-state index contributed by atoms with van der Waals surface area (Å²) >= 11 is 0. The first-order chi connectivity index (χ1) is 13.0. The van der Waals surface area contributed by atoms with Crippen LogP contribution in [0.15, 0.2) is 45.5 Å². The third-order valence-corrected chi connectivity index (χ3v) is 4.33. The van der Waals surface area contributed by atoms with Gasteiger partial charge in [-0.2, -0.15) is 5.10 Å². The first kappa shape index (κ1) is 18.3. The van der Waals surface area contributed by atoms with Crippen molar-refractivity contribution in [1.82, 2.24) is 15.0 Å². The van der Waals surface area contributed by atoms with E-state index in [1.807, 2.05) is 12.1 Å². The highest BCUT2D eigenvalue weighted by Gasteiger charge is 2.27. The van der Waals surface area contributed by atoms with Gasteiger partial charge in [0.15, 0.2) is 11.5 Å². The van der Waals surface area contributed by atoms with Crippen molar-refractivity contribution in [2.45, 2.75) is 19.0 Å². The van der Waals surface area contributed by atoms with Gasteiger partial charge in [0.25, 0.3) is 5.56 Å². The highest BCUT2D eigenvalue weighted by Crippen LogP contribution is 2.33. The Labute approximate surface area is 154 Å². The van der Waals surface area contributed by atoms with Gasteiger partial charge in [0.2, 0.25) is 5.88 Å². The number of benzene rings is 1. The van der Waals surface area contributed by atoms with Crippen LogP contribution in [0.5, 0.6) is 17.4 Å². The molecule has 9 nitrogen and oxygen atoms in total. The van der Waals surface area contributed by atoms with Crippen molar-refractivity contribution in [3.63, 3.8) is 0 Å². The second-order valence-corrected chi connectivity index (χ2v) is 5.92. The monoisotopic (exact) mass is 372 g/mol. The van der Waals surface area contributed by atoms with E-state index in [9.17, 15) is 14.7 Å². The number of nitrogens with one attached hydrogen (secondary N) is 2. The van der Waals surface area contributed by atoms with Crippen molar-refractivity contribution in [3.8, 4) is 17.4 Å². The number of H-pyrrole nitrogens is 1. The summed E-state index contributed by atoms with van der Waals surface area (Å²) in [5.74, 6) is 0.744. The Balaban J connectivity index is 1.93. The molecule has 0 saturated carbocycles. The van der Waals surface area contributed by atoms with Crippen LogP contribution in [0.4, 0.5) is 0 Å². The maximum atomic E-state index is 12.2. The minimum Gasteiger partial charge on any atom is -0.494 e. The largest absolute Gasteiger partial charge is 0.494 e. The number of aromatic amines is 1. The van der Waals surface area contributed by atoms with E-state index in [0.717, 1.165) is 10.1 Å². The molecule has 0 bridgehead atoms. The van der Waals surface area contributed by atoms with E-state index < -0.39 is 17.1 Å². The zero-order valence-electron chi connectivity index (χ0n) is 15.0. The Morgan fingerprint density at radius 1 is 1.33 bits per heavy atom. The lowest BCUT2D eigenvalue weighted by molar-refractivity contribution is 0.354. The zero-order chi connectivity index (χ0) is 19.6. The van der Waals surface area contributed by atoms with E-state index >= 15 is 0 Å². The number of methoxy groups -OCH3 is 2. The molecular weight excluding hydrogens is 352 g/mol. The summed E-state index contributed by atoms with van der Waals surface area (Å²) in [6.07, 6.45) is 1.79. The van der Waals surface area contributed by atoms with Crippen LogP contribution in [0, 0.1) is 0 Å². The summed E-state index contributed by atoms with van der Waals surface area (Å²) in [6.45, 7) is 3.61. The van der Waals surface area contributed by atoms with Gasteiger partial charge < -0.3 is 20.0 Å². The van der Waals surface area contributed by atoms with E-state index in [4.69, 9.17) is 9.47 Å². The van der Waals surface area contributed by atoms with E-state index in [1.165, 1.54) is 6.08 Å². The molecule has 1 aromatic carbocycles. The SMILES string of the molecule is C=CCn1c(O)c(C2=NN[C@@H](c3ccc(OC)c(OC)c3)C2)c(=O)[nH]c1=O. The fraction of sp³-hybridized carbons (Fsp3) is 0.278. The lowest BCUT2D eigenvalue weighted by atomic mass is 9.99. The smallest absolute Gasteiger partial charge is 0.331 e. The minimum atomic E-state index is -0.704. The van der Waals surface area contributed by atoms with Crippen molar-refractivity contribution in [2.75, 3.05) is 14.2 Å². The van der Waals surface area contributed by atoms with Crippen molar-refractivity contribution < 1.29 is 14.6 Å². The second-order valence-electron chi connectivity index (χ2n) is 5.92. The van der Waals surface area contributed by atoms with Crippen molar-refractivity contribution in [1.29, 1.82) is 0 Å². The number of aromatic nitrogens is 2. The molecule has 0 saturated heterocycles. The van der Waals surface area contributed by atoms with Crippen LogP contribution in [0.25, 0.3) is 0 Å². The molecule has 2 aromatic rings. The lowest BCUT2D eigenvalue weighted by Gasteiger charge is -2.14. The molecule has 0 unspecified atom stereocenters. The maximum Gasteiger partial charge on any atom is 0.331 e. The van der Waals surface area contributed by atoms with Crippen LogP contribution >= 0.6 is 0 Å². The molecule has 0 spiro atoms. The van der Waals surface area contributed by atoms with E-state index in [1.54, 1.807) is 20.3 Å². The molecular formula is C18H20N4O5. The van der Waals surface area contributed by atoms with Crippen LogP contribution in [0.1, 0.15) is 23.6 Å². The first-order valence-electron chi connectivity index (χ1n) is 8.21. The van der Waals surface area contributed by atoms with Crippen LogP contribution in [-0.4, -0.2) is 34.6 Å². The average Bonchev–Trinajstić information content (AvgIpc) is 3.14. The molecule has 0 aliphatic carbocycles. The second kappa shape index (κ2) is 7.40. The number of allylic oxidation sites excluding steroid dienone is 1. The van der Waals surface area contributed by atoms with Crippen molar-refractivity contribution in [2.24, 2.45) is 5.10 Å². The molecule has 2 heterocycles. The highest BCUT2D eigenvalue weighted by atomic mass is 16.5.